The molecule has 0 spiro atoms. The maximum atomic E-state index is 12.6. The third kappa shape index (κ3) is 6.97. The first-order valence-electron chi connectivity index (χ1n) is 12.0. The molecule has 2 aliphatic rings. The fourth-order valence-corrected chi connectivity index (χ4v) is 4.59. The van der Waals surface area contributed by atoms with Gasteiger partial charge >= 0.3 is 0 Å². The van der Waals surface area contributed by atoms with Crippen molar-refractivity contribution in [3.63, 3.8) is 0 Å². The molecule has 6 heteroatoms. The molecule has 1 aliphatic carbocycles. The second-order valence-corrected chi connectivity index (χ2v) is 8.98. The van der Waals surface area contributed by atoms with E-state index in [4.69, 9.17) is 0 Å². The Balaban J connectivity index is 1.25. The molecule has 4 rings (SSSR count). The number of allylic oxidation sites excluding steroid dienone is 1. The van der Waals surface area contributed by atoms with Gasteiger partial charge in [-0.1, -0.05) is 49.6 Å². The lowest BCUT2D eigenvalue weighted by molar-refractivity contribution is 0.0979. The lowest BCUT2D eigenvalue weighted by Crippen LogP contribution is -2.31. The van der Waals surface area contributed by atoms with Crippen molar-refractivity contribution in [1.82, 2.24) is 20.2 Å². The Bertz CT molecular complexity index is 895. The number of H-pyrrole nitrogens is 1. The van der Waals surface area contributed by atoms with Gasteiger partial charge in [0, 0.05) is 61.8 Å². The zero-order valence-corrected chi connectivity index (χ0v) is 18.9. The highest BCUT2D eigenvalue weighted by molar-refractivity contribution is 5.96. The minimum atomic E-state index is 0.237. The molecule has 6 nitrogen and oxygen atoms in total. The van der Waals surface area contributed by atoms with Crippen molar-refractivity contribution in [2.75, 3.05) is 13.1 Å². The summed E-state index contributed by atoms with van der Waals surface area (Å²) in [6.07, 6.45) is 16.7. The fourth-order valence-electron chi connectivity index (χ4n) is 4.59. The topological polar surface area (TPSA) is 73.4 Å². The van der Waals surface area contributed by atoms with Gasteiger partial charge in [-0.15, -0.1) is 0 Å². The molecule has 0 saturated heterocycles. The van der Waals surface area contributed by atoms with Gasteiger partial charge in [0.1, 0.15) is 5.82 Å². The van der Waals surface area contributed by atoms with E-state index in [1.165, 1.54) is 43.4 Å². The number of hydrogen-bond donors (Lipinski definition) is 2. The first kappa shape index (κ1) is 22.6. The maximum Gasteiger partial charge on any atom is 0.162 e. The van der Waals surface area contributed by atoms with Crippen molar-refractivity contribution in [2.45, 2.75) is 70.5 Å². The largest absolute Gasteiger partial charge is 0.348 e. The summed E-state index contributed by atoms with van der Waals surface area (Å²) >= 11 is 0. The smallest absolute Gasteiger partial charge is 0.162 e. The molecule has 0 atom stereocenters. The zero-order chi connectivity index (χ0) is 22.0. The van der Waals surface area contributed by atoms with Crippen LogP contribution in [0, 0.1) is 0 Å². The number of carbonyl (C=O) groups excluding carboxylic acids is 1. The van der Waals surface area contributed by atoms with E-state index >= 15 is 0 Å². The van der Waals surface area contributed by atoms with Gasteiger partial charge in [0.2, 0.25) is 0 Å². The molecule has 1 aromatic heterocycles. The Morgan fingerprint density at radius 2 is 1.94 bits per heavy atom. The molecule has 170 valence electrons. The minimum absolute atomic E-state index is 0.237. The average Bonchev–Trinajstić information content (AvgIpc) is 3.52. The second-order valence-electron chi connectivity index (χ2n) is 8.98. The predicted octanol–water partition coefficient (Wildman–Crippen LogP) is 4.66. The van der Waals surface area contributed by atoms with Gasteiger partial charge in [-0.3, -0.25) is 14.7 Å². The van der Waals surface area contributed by atoms with Crippen molar-refractivity contribution in [1.29, 1.82) is 0 Å². The summed E-state index contributed by atoms with van der Waals surface area (Å²) in [7, 11) is 0. The van der Waals surface area contributed by atoms with Crippen molar-refractivity contribution in [3.05, 3.63) is 65.9 Å². The molecular formula is C26H35N5O. The highest BCUT2D eigenvalue weighted by atomic mass is 16.1. The normalized spacial score (nSPS) is 16.6. The molecule has 1 aromatic carbocycles. The van der Waals surface area contributed by atoms with Crippen LogP contribution in [0.1, 0.15) is 73.1 Å². The first-order chi connectivity index (χ1) is 15.8. The summed E-state index contributed by atoms with van der Waals surface area (Å²) in [6, 6.07) is 8.78. The Morgan fingerprint density at radius 1 is 1.09 bits per heavy atom. The fraction of sp³-hybridized carbons (Fsp3) is 0.500. The third-order valence-corrected chi connectivity index (χ3v) is 6.35. The first-order valence-corrected chi connectivity index (χ1v) is 12.0. The molecule has 2 aromatic rings. The Labute approximate surface area is 191 Å². The van der Waals surface area contributed by atoms with Crippen molar-refractivity contribution < 1.29 is 4.79 Å². The third-order valence-electron chi connectivity index (χ3n) is 6.35. The van der Waals surface area contributed by atoms with E-state index in [0.29, 0.717) is 12.5 Å². The Kier molecular flexibility index (Phi) is 8.40. The summed E-state index contributed by atoms with van der Waals surface area (Å²) in [5.74, 6) is 1.19. The van der Waals surface area contributed by atoms with Crippen molar-refractivity contribution >= 4 is 11.5 Å². The second kappa shape index (κ2) is 11.9. The van der Waals surface area contributed by atoms with Gasteiger partial charge in [0.05, 0.1) is 6.54 Å². The van der Waals surface area contributed by atoms with Crippen LogP contribution in [0.5, 0.6) is 0 Å². The number of aromatic amines is 1. The lowest BCUT2D eigenvalue weighted by Gasteiger charge is -2.22. The van der Waals surface area contributed by atoms with E-state index in [2.05, 4.69) is 43.4 Å². The van der Waals surface area contributed by atoms with Crippen LogP contribution in [-0.4, -0.2) is 45.5 Å². The molecule has 2 N–H and O–H groups in total. The van der Waals surface area contributed by atoms with E-state index in [-0.39, 0.29) is 5.78 Å². The van der Waals surface area contributed by atoms with Gasteiger partial charge in [0.15, 0.2) is 5.78 Å². The van der Waals surface area contributed by atoms with Crippen LogP contribution in [0.15, 0.2) is 53.9 Å². The SMILES string of the molecule is O=C(CCCNC1CCCCC1)c1ccc(CN(CC2=NC=CC2)Cc2ncc[nH]2)cc1. The quantitative estimate of drug-likeness (QED) is 0.377. The molecule has 0 radical (unpaired) electrons. The molecule has 0 bridgehead atoms. The predicted molar refractivity (Wildman–Crippen MR) is 129 cm³/mol. The Morgan fingerprint density at radius 3 is 2.66 bits per heavy atom. The van der Waals surface area contributed by atoms with Crippen molar-refractivity contribution in [2.24, 2.45) is 4.99 Å². The minimum Gasteiger partial charge on any atom is -0.348 e. The lowest BCUT2D eigenvalue weighted by atomic mass is 9.95. The number of ketones is 1. The number of hydrogen-bond acceptors (Lipinski definition) is 5. The van der Waals surface area contributed by atoms with Crippen LogP contribution in [-0.2, 0) is 13.1 Å². The number of carbonyl (C=O) groups is 1. The molecule has 1 saturated carbocycles. The van der Waals surface area contributed by atoms with Crippen LogP contribution < -0.4 is 5.32 Å². The van der Waals surface area contributed by atoms with Crippen LogP contribution in [0.25, 0.3) is 0 Å². The van der Waals surface area contributed by atoms with Crippen molar-refractivity contribution in [3.8, 4) is 0 Å². The molecule has 1 fully saturated rings. The monoisotopic (exact) mass is 433 g/mol. The van der Waals surface area contributed by atoms with Crippen LogP contribution in [0.2, 0.25) is 0 Å². The van der Waals surface area contributed by atoms with E-state index in [9.17, 15) is 4.79 Å². The van der Waals surface area contributed by atoms with Crippen LogP contribution >= 0.6 is 0 Å². The molecular weight excluding hydrogens is 398 g/mol. The summed E-state index contributed by atoms with van der Waals surface area (Å²) in [5, 5.41) is 3.63. The number of nitrogens with zero attached hydrogens (tertiary/aromatic N) is 3. The van der Waals surface area contributed by atoms with Crippen LogP contribution in [0.4, 0.5) is 0 Å². The molecule has 32 heavy (non-hydrogen) atoms. The molecule has 0 amide bonds. The maximum absolute atomic E-state index is 12.6. The molecule has 0 unspecified atom stereocenters. The van der Waals surface area contributed by atoms with Gasteiger partial charge in [-0.2, -0.15) is 0 Å². The Hall–Kier alpha value is -2.57. The average molecular weight is 434 g/mol. The summed E-state index contributed by atoms with van der Waals surface area (Å²) in [6.45, 7) is 3.28. The van der Waals surface area contributed by atoms with Gasteiger partial charge in [-0.25, -0.2) is 4.98 Å². The van der Waals surface area contributed by atoms with E-state index in [1.54, 1.807) is 6.20 Å². The number of benzene rings is 1. The molecule has 1 aliphatic heterocycles. The van der Waals surface area contributed by atoms with Gasteiger partial charge in [-0.05, 0) is 31.4 Å². The summed E-state index contributed by atoms with van der Waals surface area (Å²) < 4.78 is 0. The highest BCUT2D eigenvalue weighted by Gasteiger charge is 2.15. The summed E-state index contributed by atoms with van der Waals surface area (Å²) in [5.41, 5.74) is 3.18. The highest BCUT2D eigenvalue weighted by Crippen LogP contribution is 2.17. The van der Waals surface area contributed by atoms with Crippen LogP contribution in [0.3, 0.4) is 0 Å². The standard InChI is InChI=1S/C26H35N5O/c32-25(9-5-15-27-23-6-2-1-3-7-23)22-12-10-21(11-13-22)18-31(19-24-8-4-14-28-24)20-26-29-16-17-30-26/h4,10-14,16-17,23,27H,1-3,5-9,15,18-20H2,(H,29,30). The zero-order valence-electron chi connectivity index (χ0n) is 18.9. The summed E-state index contributed by atoms with van der Waals surface area (Å²) in [4.78, 5) is 27.0. The number of aromatic nitrogens is 2. The number of aliphatic imine (C=N–C) groups is 1. The van der Waals surface area contributed by atoms with Gasteiger partial charge < -0.3 is 10.3 Å². The van der Waals surface area contributed by atoms with E-state index in [1.807, 2.05) is 24.5 Å². The number of rotatable bonds is 12. The number of nitrogens with one attached hydrogen (secondary N) is 2. The molecule has 2 heterocycles. The number of Topliss-reactive ketones (excluding diaryl/α,β-unsaturated/α-hetero) is 1. The van der Waals surface area contributed by atoms with E-state index in [0.717, 1.165) is 50.4 Å². The number of imidazole rings is 1. The van der Waals surface area contributed by atoms with E-state index < -0.39 is 0 Å². The van der Waals surface area contributed by atoms with Gasteiger partial charge in [0.25, 0.3) is 0 Å².